The zero-order valence-electron chi connectivity index (χ0n) is 18.8. The van der Waals surface area contributed by atoms with E-state index in [9.17, 15) is 15.3 Å². The molecule has 4 saturated carbocycles. The van der Waals surface area contributed by atoms with Gasteiger partial charge in [-0.15, -0.1) is 0 Å². The van der Waals surface area contributed by atoms with Gasteiger partial charge in [0.1, 0.15) is 0 Å². The van der Waals surface area contributed by atoms with E-state index in [4.69, 9.17) is 0 Å². The molecular formula is C27H40O3. The smallest absolute Gasteiger partial charge is 0.0811 e. The van der Waals surface area contributed by atoms with Crippen molar-refractivity contribution in [1.82, 2.24) is 0 Å². The van der Waals surface area contributed by atoms with Crippen molar-refractivity contribution < 1.29 is 15.3 Å². The zero-order chi connectivity index (χ0) is 21.5. The second kappa shape index (κ2) is 8.76. The summed E-state index contributed by atoms with van der Waals surface area (Å²) in [7, 11) is 0. The lowest BCUT2D eigenvalue weighted by Gasteiger charge is -2.44. The van der Waals surface area contributed by atoms with E-state index in [1.807, 2.05) is 0 Å². The fourth-order valence-corrected chi connectivity index (χ4v) is 6.63. The van der Waals surface area contributed by atoms with Crippen LogP contribution in [-0.2, 0) is 0 Å². The Labute approximate surface area is 182 Å². The number of hydrogen-bond acceptors (Lipinski definition) is 3. The molecule has 3 N–H and O–H groups in total. The first-order valence-corrected chi connectivity index (χ1v) is 12.1. The molecule has 3 nitrogen and oxygen atoms in total. The van der Waals surface area contributed by atoms with Crippen LogP contribution in [0.4, 0.5) is 0 Å². The van der Waals surface area contributed by atoms with E-state index in [0.717, 1.165) is 17.6 Å². The fraction of sp³-hybridized carbons (Fsp3) is 0.704. The summed E-state index contributed by atoms with van der Waals surface area (Å²) >= 11 is 0. The normalized spacial score (nSPS) is 42.1. The average Bonchev–Trinajstić information content (AvgIpc) is 3.49. The van der Waals surface area contributed by atoms with Crippen molar-refractivity contribution in [2.45, 2.75) is 89.9 Å². The highest BCUT2D eigenvalue weighted by Gasteiger charge is 2.50. The zero-order valence-corrected chi connectivity index (χ0v) is 18.8. The highest BCUT2D eigenvalue weighted by Crippen LogP contribution is 2.59. The molecule has 0 aromatic carbocycles. The molecule has 0 aromatic rings. The summed E-state index contributed by atoms with van der Waals surface area (Å²) in [6, 6.07) is 0. The van der Waals surface area contributed by atoms with Crippen LogP contribution in [0.5, 0.6) is 0 Å². The number of hydrogen-bond donors (Lipinski definition) is 3. The fourth-order valence-electron chi connectivity index (χ4n) is 6.63. The van der Waals surface area contributed by atoms with E-state index in [1.165, 1.54) is 44.1 Å². The number of aliphatic hydroxyl groups is 3. The lowest BCUT2D eigenvalue weighted by Crippen LogP contribution is -2.35. The Balaban J connectivity index is 1.48. The Hall–Kier alpha value is -1.16. The Kier molecular flexibility index (Phi) is 6.44. The molecular weight excluding hydrogens is 372 g/mol. The average molecular weight is 413 g/mol. The molecule has 0 spiro atoms. The minimum Gasteiger partial charge on any atom is -0.393 e. The molecule has 0 aromatic heterocycles. The van der Waals surface area contributed by atoms with Gasteiger partial charge in [-0.25, -0.2) is 0 Å². The number of fused-ring (bicyclic) bond motifs is 1. The second-order valence-electron chi connectivity index (χ2n) is 10.7. The summed E-state index contributed by atoms with van der Waals surface area (Å²) < 4.78 is 0. The van der Waals surface area contributed by atoms with Gasteiger partial charge in [0.2, 0.25) is 0 Å². The SMILES string of the molecule is C=C1C(=CC=C2CCC[C@]3(C)[C@@H]([C@H](C)C=C[C@@H](O)C4CC4)CC[C@@H]23)C[C@@H](O)C[C@H]1O. The van der Waals surface area contributed by atoms with Crippen molar-refractivity contribution >= 4 is 0 Å². The van der Waals surface area contributed by atoms with E-state index < -0.39 is 12.2 Å². The molecule has 0 heterocycles. The molecule has 0 amide bonds. The van der Waals surface area contributed by atoms with E-state index in [-0.39, 0.29) is 6.10 Å². The van der Waals surface area contributed by atoms with Crippen molar-refractivity contribution in [3.8, 4) is 0 Å². The molecule has 30 heavy (non-hydrogen) atoms. The number of aliphatic hydroxyl groups excluding tert-OH is 3. The summed E-state index contributed by atoms with van der Waals surface area (Å²) in [5.74, 6) is 2.28. The van der Waals surface area contributed by atoms with Crippen LogP contribution in [0.2, 0.25) is 0 Å². The monoisotopic (exact) mass is 412 g/mol. The van der Waals surface area contributed by atoms with Crippen molar-refractivity contribution in [1.29, 1.82) is 0 Å². The van der Waals surface area contributed by atoms with Crippen molar-refractivity contribution in [2.75, 3.05) is 0 Å². The van der Waals surface area contributed by atoms with Crippen LogP contribution in [0.3, 0.4) is 0 Å². The highest BCUT2D eigenvalue weighted by atomic mass is 16.3. The molecule has 4 aliphatic rings. The van der Waals surface area contributed by atoms with Crippen LogP contribution in [0, 0.1) is 29.1 Å². The number of rotatable bonds is 5. The summed E-state index contributed by atoms with van der Waals surface area (Å²) in [6.07, 6.45) is 16.9. The summed E-state index contributed by atoms with van der Waals surface area (Å²) in [4.78, 5) is 0. The van der Waals surface area contributed by atoms with Gasteiger partial charge in [-0.2, -0.15) is 0 Å². The standard InChI is InChI=1S/C27H40O3/c1-17(6-13-25(29)20-8-9-20)23-11-12-24-19(5-4-14-27(23,24)3)7-10-21-15-22(28)16-26(30)18(21)2/h6-7,10,13,17,20,22-26,28-30H,2,4-5,8-9,11-12,14-16H2,1,3H3/t17-,22-,23-,24+,25-,26-,27-/m1/s1. The Morgan fingerprint density at radius 1 is 1.10 bits per heavy atom. The van der Waals surface area contributed by atoms with E-state index in [2.05, 4.69) is 44.7 Å². The molecule has 4 rings (SSSR count). The van der Waals surface area contributed by atoms with Crippen molar-refractivity contribution in [3.63, 3.8) is 0 Å². The van der Waals surface area contributed by atoms with Crippen LogP contribution in [0.15, 0.2) is 47.6 Å². The maximum absolute atomic E-state index is 10.2. The van der Waals surface area contributed by atoms with Crippen LogP contribution < -0.4 is 0 Å². The van der Waals surface area contributed by atoms with Crippen LogP contribution >= 0.6 is 0 Å². The largest absolute Gasteiger partial charge is 0.393 e. The summed E-state index contributed by atoms with van der Waals surface area (Å²) in [5.41, 5.74) is 3.63. The topological polar surface area (TPSA) is 60.7 Å². The third-order valence-electron chi connectivity index (χ3n) is 8.65. The molecule has 7 atom stereocenters. The molecule has 0 aliphatic heterocycles. The number of allylic oxidation sites excluding steroid dienone is 4. The third-order valence-corrected chi connectivity index (χ3v) is 8.65. The highest BCUT2D eigenvalue weighted by molar-refractivity contribution is 5.38. The summed E-state index contributed by atoms with van der Waals surface area (Å²) in [5, 5.41) is 30.4. The first-order valence-electron chi connectivity index (χ1n) is 12.1. The van der Waals surface area contributed by atoms with E-state index in [1.54, 1.807) is 0 Å². The van der Waals surface area contributed by atoms with Gasteiger partial charge in [-0.1, -0.05) is 50.3 Å². The molecule has 0 saturated heterocycles. The van der Waals surface area contributed by atoms with E-state index >= 15 is 0 Å². The van der Waals surface area contributed by atoms with Gasteiger partial charge in [0.15, 0.2) is 0 Å². The molecule has 4 aliphatic carbocycles. The summed E-state index contributed by atoms with van der Waals surface area (Å²) in [6.45, 7) is 8.88. The maximum atomic E-state index is 10.2. The lowest BCUT2D eigenvalue weighted by atomic mass is 9.61. The predicted molar refractivity (Wildman–Crippen MR) is 122 cm³/mol. The molecule has 4 fully saturated rings. The van der Waals surface area contributed by atoms with Gasteiger partial charge < -0.3 is 15.3 Å². The minimum absolute atomic E-state index is 0.250. The van der Waals surface area contributed by atoms with Gasteiger partial charge in [0.05, 0.1) is 18.3 Å². The predicted octanol–water partition coefficient (Wildman–Crippen LogP) is 5.09. The Morgan fingerprint density at radius 2 is 1.87 bits per heavy atom. The maximum Gasteiger partial charge on any atom is 0.0811 e. The molecule has 3 heteroatoms. The molecule has 0 radical (unpaired) electrons. The quantitative estimate of drug-likeness (QED) is 0.551. The minimum atomic E-state index is -0.621. The van der Waals surface area contributed by atoms with Crippen molar-refractivity contribution in [3.05, 3.63) is 47.6 Å². The van der Waals surface area contributed by atoms with Gasteiger partial charge in [-0.3, -0.25) is 0 Å². The van der Waals surface area contributed by atoms with Gasteiger partial charge in [-0.05, 0) is 91.6 Å². The first kappa shape index (κ1) is 22.0. The van der Waals surface area contributed by atoms with Gasteiger partial charge in [0, 0.05) is 6.42 Å². The second-order valence-corrected chi connectivity index (χ2v) is 10.7. The van der Waals surface area contributed by atoms with Gasteiger partial charge >= 0.3 is 0 Å². The molecule has 0 unspecified atom stereocenters. The van der Waals surface area contributed by atoms with Crippen LogP contribution in [-0.4, -0.2) is 33.6 Å². The Bertz CT molecular complexity index is 743. The molecule has 166 valence electrons. The van der Waals surface area contributed by atoms with Crippen LogP contribution in [0.25, 0.3) is 0 Å². The molecule has 0 bridgehead atoms. The third kappa shape index (κ3) is 4.40. The van der Waals surface area contributed by atoms with Gasteiger partial charge in [0.25, 0.3) is 0 Å². The van der Waals surface area contributed by atoms with Crippen molar-refractivity contribution in [2.24, 2.45) is 29.1 Å². The Morgan fingerprint density at radius 3 is 2.60 bits per heavy atom. The lowest BCUT2D eigenvalue weighted by molar-refractivity contribution is 0.0862. The van der Waals surface area contributed by atoms with E-state index in [0.29, 0.717) is 41.9 Å². The first-order chi connectivity index (χ1) is 14.3. The van der Waals surface area contributed by atoms with Crippen LogP contribution in [0.1, 0.15) is 71.6 Å².